The zero-order chi connectivity index (χ0) is 20.0. The predicted octanol–water partition coefficient (Wildman–Crippen LogP) is 4.67. The summed E-state index contributed by atoms with van der Waals surface area (Å²) in [5.41, 5.74) is 6.60. The van der Waals surface area contributed by atoms with E-state index in [-0.39, 0.29) is 11.5 Å². The maximum atomic E-state index is 12.5. The van der Waals surface area contributed by atoms with Gasteiger partial charge in [-0.25, -0.2) is 4.79 Å². The van der Waals surface area contributed by atoms with Crippen LogP contribution in [0.15, 0.2) is 54.6 Å². The molecule has 0 bridgehead atoms. The van der Waals surface area contributed by atoms with Crippen molar-refractivity contribution in [1.82, 2.24) is 4.98 Å². The number of carboxylic acid groups (broad SMARTS) is 1. The fourth-order valence-electron chi connectivity index (χ4n) is 4.42. The van der Waals surface area contributed by atoms with Crippen molar-refractivity contribution in [3.8, 4) is 0 Å². The number of nitrogens with one attached hydrogen (secondary N) is 2. The molecule has 5 heteroatoms. The molecule has 1 aromatic heterocycles. The van der Waals surface area contributed by atoms with E-state index in [1.807, 2.05) is 12.1 Å². The second-order valence-electron chi connectivity index (χ2n) is 7.59. The van der Waals surface area contributed by atoms with E-state index in [4.69, 9.17) is 0 Å². The lowest BCUT2D eigenvalue weighted by Crippen LogP contribution is -2.09. The van der Waals surface area contributed by atoms with E-state index in [2.05, 4.69) is 40.6 Å². The Morgan fingerprint density at radius 1 is 1.10 bits per heavy atom. The van der Waals surface area contributed by atoms with Gasteiger partial charge in [0.15, 0.2) is 0 Å². The van der Waals surface area contributed by atoms with Crippen LogP contribution in [0.4, 0.5) is 5.69 Å². The highest BCUT2D eigenvalue weighted by molar-refractivity contribution is 6.35. The minimum atomic E-state index is -1.01. The number of rotatable bonds is 3. The number of fused-ring (bicyclic) bond motifs is 2. The maximum Gasteiger partial charge on any atom is 0.335 e. The average Bonchev–Trinajstić information content (AvgIpc) is 3.28. The Morgan fingerprint density at radius 3 is 2.72 bits per heavy atom. The maximum absolute atomic E-state index is 12.5. The number of carbonyl (C=O) groups is 2. The summed E-state index contributed by atoms with van der Waals surface area (Å²) in [5, 5.41) is 12.1. The fourth-order valence-corrected chi connectivity index (χ4v) is 4.42. The van der Waals surface area contributed by atoms with Gasteiger partial charge in [0.25, 0.3) is 5.91 Å². The van der Waals surface area contributed by atoms with Crippen LogP contribution in [0.25, 0.3) is 11.6 Å². The van der Waals surface area contributed by atoms with Crippen molar-refractivity contribution in [3.63, 3.8) is 0 Å². The molecule has 29 heavy (non-hydrogen) atoms. The Kier molecular flexibility index (Phi) is 4.09. The number of aromatic nitrogens is 1. The number of carbonyl (C=O) groups excluding carboxylic acids is 1. The van der Waals surface area contributed by atoms with Crippen LogP contribution >= 0.6 is 0 Å². The van der Waals surface area contributed by atoms with E-state index in [9.17, 15) is 14.7 Å². The molecule has 1 amide bonds. The minimum absolute atomic E-state index is 0.168. The second-order valence-corrected chi connectivity index (χ2v) is 7.59. The molecule has 0 saturated carbocycles. The summed E-state index contributed by atoms with van der Waals surface area (Å²) >= 11 is 0. The number of aromatic amines is 1. The Hall–Kier alpha value is -3.60. The van der Waals surface area contributed by atoms with Gasteiger partial charge in [-0.3, -0.25) is 4.79 Å². The van der Waals surface area contributed by atoms with Gasteiger partial charge in [-0.2, -0.15) is 0 Å². The molecule has 3 aromatic rings. The molecule has 2 aliphatic rings. The molecular formula is C24H20N2O3. The molecule has 0 radical (unpaired) electrons. The van der Waals surface area contributed by atoms with Crippen LogP contribution in [0.5, 0.6) is 0 Å². The van der Waals surface area contributed by atoms with Gasteiger partial charge in [-0.15, -0.1) is 0 Å². The number of hydrogen-bond donors (Lipinski definition) is 3. The van der Waals surface area contributed by atoms with Crippen molar-refractivity contribution in [1.29, 1.82) is 0 Å². The predicted molar refractivity (Wildman–Crippen MR) is 112 cm³/mol. The van der Waals surface area contributed by atoms with Gasteiger partial charge in [0, 0.05) is 28.6 Å². The first-order valence-electron chi connectivity index (χ1n) is 9.77. The second kappa shape index (κ2) is 6.78. The largest absolute Gasteiger partial charge is 0.478 e. The summed E-state index contributed by atoms with van der Waals surface area (Å²) in [4.78, 5) is 27.3. The van der Waals surface area contributed by atoms with E-state index < -0.39 is 5.97 Å². The van der Waals surface area contributed by atoms with E-state index in [1.54, 1.807) is 12.1 Å². The molecule has 0 saturated heterocycles. The number of amides is 1. The van der Waals surface area contributed by atoms with Crippen LogP contribution in [-0.2, 0) is 11.2 Å². The lowest BCUT2D eigenvalue weighted by molar-refractivity contribution is -0.110. The van der Waals surface area contributed by atoms with Gasteiger partial charge in [0.2, 0.25) is 0 Å². The summed E-state index contributed by atoms with van der Waals surface area (Å²) in [6, 6.07) is 17.3. The highest BCUT2D eigenvalue weighted by atomic mass is 16.4. The lowest BCUT2D eigenvalue weighted by atomic mass is 9.82. The number of anilines is 1. The summed E-state index contributed by atoms with van der Waals surface area (Å²) in [6.45, 7) is 0. The molecule has 2 aromatic carbocycles. The molecule has 1 unspecified atom stereocenters. The minimum Gasteiger partial charge on any atom is -0.478 e. The number of H-pyrrole nitrogens is 1. The third-order valence-electron chi connectivity index (χ3n) is 5.80. The van der Waals surface area contributed by atoms with E-state index >= 15 is 0 Å². The van der Waals surface area contributed by atoms with Gasteiger partial charge >= 0.3 is 5.97 Å². The van der Waals surface area contributed by atoms with Crippen LogP contribution < -0.4 is 5.32 Å². The quantitative estimate of drug-likeness (QED) is 0.574. The highest BCUT2D eigenvalue weighted by Crippen LogP contribution is 2.39. The number of hydrogen-bond acceptors (Lipinski definition) is 2. The molecule has 1 aliphatic carbocycles. The molecule has 1 atom stereocenters. The normalized spacial score (nSPS) is 19.0. The molecular weight excluding hydrogens is 364 g/mol. The SMILES string of the molecule is O=C1Nc2ccc(C(=O)O)cc2C1=Cc1cc2c([nH]1)CCCC2c1ccccc1. The van der Waals surface area contributed by atoms with E-state index in [0.29, 0.717) is 22.7 Å². The molecule has 3 N–H and O–H groups in total. The third-order valence-corrected chi connectivity index (χ3v) is 5.80. The number of aromatic carboxylic acids is 1. The summed E-state index contributed by atoms with van der Waals surface area (Å²) in [5.74, 6) is -0.867. The van der Waals surface area contributed by atoms with Gasteiger partial charge in [0.05, 0.1) is 11.1 Å². The summed E-state index contributed by atoms with van der Waals surface area (Å²) < 4.78 is 0. The van der Waals surface area contributed by atoms with E-state index in [1.165, 1.54) is 22.9 Å². The van der Waals surface area contributed by atoms with Crippen molar-refractivity contribution in [2.24, 2.45) is 0 Å². The standard InChI is InChI=1S/C24H20N2O3/c27-23-20(18-11-15(24(28)29)9-10-22(18)26-23)13-16-12-19-17(7-4-8-21(19)25-16)14-5-2-1-3-6-14/h1-3,5-6,9-13,17,25H,4,7-8H2,(H,26,27)(H,28,29). The van der Waals surface area contributed by atoms with Crippen LogP contribution in [-0.4, -0.2) is 22.0 Å². The first-order valence-corrected chi connectivity index (χ1v) is 9.77. The third kappa shape index (κ3) is 3.05. The monoisotopic (exact) mass is 384 g/mol. The zero-order valence-electron chi connectivity index (χ0n) is 15.7. The smallest absolute Gasteiger partial charge is 0.335 e. The lowest BCUT2D eigenvalue weighted by Gasteiger charge is -2.22. The number of carboxylic acids is 1. The van der Waals surface area contributed by atoms with Crippen molar-refractivity contribution in [3.05, 3.63) is 88.2 Å². The van der Waals surface area contributed by atoms with Crippen LogP contribution in [0.1, 0.15) is 57.2 Å². The molecule has 0 fully saturated rings. The van der Waals surface area contributed by atoms with Gasteiger partial charge < -0.3 is 15.4 Å². The first-order chi connectivity index (χ1) is 14.1. The molecule has 5 nitrogen and oxygen atoms in total. The average molecular weight is 384 g/mol. The molecule has 5 rings (SSSR count). The first kappa shape index (κ1) is 17.5. The molecule has 2 heterocycles. The Labute approximate surface area is 168 Å². The van der Waals surface area contributed by atoms with Crippen molar-refractivity contribution in [2.45, 2.75) is 25.2 Å². The molecule has 0 spiro atoms. The fraction of sp³-hybridized carbons (Fsp3) is 0.167. The van der Waals surface area contributed by atoms with Gasteiger partial charge in [-0.05, 0) is 60.7 Å². The van der Waals surface area contributed by atoms with Gasteiger partial charge in [0.1, 0.15) is 0 Å². The molecule has 144 valence electrons. The summed E-state index contributed by atoms with van der Waals surface area (Å²) in [7, 11) is 0. The topological polar surface area (TPSA) is 82.2 Å². The molecule has 1 aliphatic heterocycles. The Balaban J connectivity index is 1.55. The van der Waals surface area contributed by atoms with Crippen LogP contribution in [0.2, 0.25) is 0 Å². The van der Waals surface area contributed by atoms with Crippen LogP contribution in [0.3, 0.4) is 0 Å². The number of aryl methyl sites for hydroxylation is 1. The Morgan fingerprint density at radius 2 is 1.93 bits per heavy atom. The van der Waals surface area contributed by atoms with E-state index in [0.717, 1.165) is 25.0 Å². The zero-order valence-corrected chi connectivity index (χ0v) is 15.7. The Bertz CT molecular complexity index is 1160. The van der Waals surface area contributed by atoms with Gasteiger partial charge in [-0.1, -0.05) is 30.3 Å². The van der Waals surface area contributed by atoms with Crippen molar-refractivity contribution in [2.75, 3.05) is 5.32 Å². The number of benzene rings is 2. The summed E-state index contributed by atoms with van der Waals surface area (Å²) in [6.07, 6.45) is 5.05. The highest BCUT2D eigenvalue weighted by Gasteiger charge is 2.27. The van der Waals surface area contributed by atoms with Crippen molar-refractivity contribution < 1.29 is 14.7 Å². The van der Waals surface area contributed by atoms with Crippen molar-refractivity contribution >= 4 is 29.2 Å². The van der Waals surface area contributed by atoms with Crippen LogP contribution in [0, 0.1) is 0 Å².